The first-order chi connectivity index (χ1) is 8.83. The lowest BCUT2D eigenvalue weighted by atomic mass is 10.4. The number of aromatic nitrogens is 1. The van der Waals surface area contributed by atoms with Crippen LogP contribution in [0.15, 0.2) is 40.8 Å². The van der Waals surface area contributed by atoms with E-state index >= 15 is 0 Å². The van der Waals surface area contributed by atoms with Crippen LogP contribution < -0.4 is 0 Å². The van der Waals surface area contributed by atoms with E-state index in [1.165, 1.54) is 0 Å². The fraction of sp³-hybridized carbons (Fsp3) is 0.308. The van der Waals surface area contributed by atoms with Crippen molar-refractivity contribution in [2.75, 3.05) is 19.7 Å². The molecule has 0 saturated carbocycles. The van der Waals surface area contributed by atoms with Gasteiger partial charge in [-0.05, 0) is 11.4 Å². The van der Waals surface area contributed by atoms with E-state index in [2.05, 4.69) is 11.6 Å². The van der Waals surface area contributed by atoms with Crippen LogP contribution in [-0.4, -0.2) is 34.7 Å². The van der Waals surface area contributed by atoms with Gasteiger partial charge in [-0.2, -0.15) is 0 Å². The number of rotatable bonds is 7. The van der Waals surface area contributed by atoms with E-state index in [-0.39, 0.29) is 6.61 Å². The summed E-state index contributed by atoms with van der Waals surface area (Å²) in [7, 11) is 0. The first-order valence-corrected chi connectivity index (χ1v) is 6.64. The smallest absolute Gasteiger partial charge is 0.209 e. The van der Waals surface area contributed by atoms with Gasteiger partial charge < -0.3 is 9.52 Å². The summed E-state index contributed by atoms with van der Waals surface area (Å²) in [4.78, 5) is 7.36. The van der Waals surface area contributed by atoms with Gasteiger partial charge in [-0.25, -0.2) is 4.98 Å². The average Bonchev–Trinajstić information content (AvgIpc) is 2.98. The average molecular weight is 264 g/mol. The summed E-state index contributed by atoms with van der Waals surface area (Å²) < 4.78 is 5.69. The third-order valence-electron chi connectivity index (χ3n) is 2.48. The quantitative estimate of drug-likeness (QED) is 0.780. The van der Waals surface area contributed by atoms with Crippen LogP contribution in [0, 0.1) is 0 Å². The molecule has 2 heterocycles. The Hall–Kier alpha value is -1.43. The van der Waals surface area contributed by atoms with E-state index in [1.54, 1.807) is 23.6 Å². The Labute approximate surface area is 110 Å². The number of aliphatic hydroxyl groups excluding tert-OH is 1. The van der Waals surface area contributed by atoms with Crippen molar-refractivity contribution in [3.05, 3.63) is 42.3 Å². The van der Waals surface area contributed by atoms with E-state index in [0.29, 0.717) is 25.5 Å². The Morgan fingerprint density at radius 1 is 1.56 bits per heavy atom. The number of aliphatic hydroxyl groups is 1. The van der Waals surface area contributed by atoms with Gasteiger partial charge in [0.15, 0.2) is 5.76 Å². The molecule has 0 atom stereocenters. The molecule has 18 heavy (non-hydrogen) atoms. The lowest BCUT2D eigenvalue weighted by Crippen LogP contribution is -2.26. The number of hydrogen-bond donors (Lipinski definition) is 1. The second-order valence-corrected chi connectivity index (χ2v) is 4.79. The van der Waals surface area contributed by atoms with Gasteiger partial charge in [0.25, 0.3) is 0 Å². The highest BCUT2D eigenvalue weighted by atomic mass is 32.1. The number of hydrogen-bond acceptors (Lipinski definition) is 5. The molecule has 2 aromatic heterocycles. The maximum atomic E-state index is 8.97. The Balaban J connectivity index is 2.03. The normalized spacial score (nSPS) is 11.0. The van der Waals surface area contributed by atoms with Crippen molar-refractivity contribution < 1.29 is 9.52 Å². The van der Waals surface area contributed by atoms with Crippen molar-refractivity contribution in [2.24, 2.45) is 0 Å². The SMILES string of the molecule is C=CCN(CCO)Cc1ncc(-c2cccs2)o1. The second-order valence-electron chi connectivity index (χ2n) is 3.84. The van der Waals surface area contributed by atoms with E-state index in [4.69, 9.17) is 9.52 Å². The fourth-order valence-corrected chi connectivity index (χ4v) is 2.34. The minimum absolute atomic E-state index is 0.117. The van der Waals surface area contributed by atoms with Gasteiger partial charge in [0.2, 0.25) is 5.89 Å². The third kappa shape index (κ3) is 3.29. The highest BCUT2D eigenvalue weighted by Gasteiger charge is 2.10. The number of oxazole rings is 1. The number of thiophene rings is 1. The maximum absolute atomic E-state index is 8.97. The predicted octanol–water partition coefficient (Wildman–Crippen LogP) is 2.38. The zero-order valence-electron chi connectivity index (χ0n) is 10.1. The molecule has 0 fully saturated rings. The van der Waals surface area contributed by atoms with Crippen molar-refractivity contribution in [1.29, 1.82) is 0 Å². The standard InChI is InChI=1S/C13H16N2O2S/c1-2-5-15(6-7-16)10-13-14-9-11(17-13)12-4-3-8-18-12/h2-4,8-9,16H,1,5-7,10H2. The molecule has 0 amide bonds. The Morgan fingerprint density at radius 2 is 2.44 bits per heavy atom. The molecule has 0 aliphatic carbocycles. The zero-order valence-corrected chi connectivity index (χ0v) is 10.9. The molecule has 0 radical (unpaired) electrons. The van der Waals surface area contributed by atoms with E-state index in [0.717, 1.165) is 10.6 Å². The van der Waals surface area contributed by atoms with Gasteiger partial charge in [0.1, 0.15) is 0 Å². The molecule has 2 aromatic rings. The third-order valence-corrected chi connectivity index (χ3v) is 3.36. The molecule has 4 nitrogen and oxygen atoms in total. The Kier molecular flexibility index (Phi) is 4.69. The summed E-state index contributed by atoms with van der Waals surface area (Å²) in [5.74, 6) is 1.45. The molecule has 0 aliphatic heterocycles. The van der Waals surface area contributed by atoms with Crippen LogP contribution in [-0.2, 0) is 6.54 Å². The maximum Gasteiger partial charge on any atom is 0.209 e. The van der Waals surface area contributed by atoms with Crippen molar-refractivity contribution in [2.45, 2.75) is 6.54 Å². The monoisotopic (exact) mass is 264 g/mol. The first kappa shape index (κ1) is 13.0. The van der Waals surface area contributed by atoms with Crippen LogP contribution >= 0.6 is 11.3 Å². The van der Waals surface area contributed by atoms with Gasteiger partial charge in [0, 0.05) is 13.1 Å². The van der Waals surface area contributed by atoms with Crippen LogP contribution in [0.3, 0.4) is 0 Å². The predicted molar refractivity (Wildman–Crippen MR) is 72.4 cm³/mol. The highest BCUT2D eigenvalue weighted by molar-refractivity contribution is 7.13. The molecule has 5 heteroatoms. The van der Waals surface area contributed by atoms with Crippen molar-refractivity contribution in [1.82, 2.24) is 9.88 Å². The molecule has 2 rings (SSSR count). The summed E-state index contributed by atoms with van der Waals surface area (Å²) >= 11 is 1.63. The molecular formula is C13H16N2O2S. The van der Waals surface area contributed by atoms with E-state index in [9.17, 15) is 0 Å². The summed E-state index contributed by atoms with van der Waals surface area (Å²) in [6.07, 6.45) is 3.55. The fourth-order valence-electron chi connectivity index (χ4n) is 1.67. The molecule has 0 aromatic carbocycles. The van der Waals surface area contributed by atoms with Gasteiger partial charge >= 0.3 is 0 Å². The van der Waals surface area contributed by atoms with Crippen LogP contribution in [0.4, 0.5) is 0 Å². The van der Waals surface area contributed by atoms with Gasteiger partial charge in [-0.15, -0.1) is 17.9 Å². The Bertz CT molecular complexity index is 479. The van der Waals surface area contributed by atoms with Crippen LogP contribution in [0.5, 0.6) is 0 Å². The zero-order chi connectivity index (χ0) is 12.8. The molecule has 0 aliphatic rings. The topological polar surface area (TPSA) is 49.5 Å². The van der Waals surface area contributed by atoms with Gasteiger partial charge in [-0.1, -0.05) is 12.1 Å². The Morgan fingerprint density at radius 3 is 3.11 bits per heavy atom. The van der Waals surface area contributed by atoms with Crippen LogP contribution in [0.1, 0.15) is 5.89 Å². The van der Waals surface area contributed by atoms with Crippen LogP contribution in [0.2, 0.25) is 0 Å². The van der Waals surface area contributed by atoms with Crippen molar-refractivity contribution >= 4 is 11.3 Å². The minimum Gasteiger partial charge on any atom is -0.438 e. The van der Waals surface area contributed by atoms with Crippen molar-refractivity contribution in [3.63, 3.8) is 0 Å². The summed E-state index contributed by atoms with van der Waals surface area (Å²) in [6, 6.07) is 3.99. The summed E-state index contributed by atoms with van der Waals surface area (Å²) in [5.41, 5.74) is 0. The van der Waals surface area contributed by atoms with Gasteiger partial charge in [0.05, 0.1) is 24.2 Å². The van der Waals surface area contributed by atoms with Crippen molar-refractivity contribution in [3.8, 4) is 10.6 Å². The largest absolute Gasteiger partial charge is 0.438 e. The molecule has 0 saturated heterocycles. The molecule has 0 unspecified atom stereocenters. The molecule has 0 spiro atoms. The number of nitrogens with zero attached hydrogens (tertiary/aromatic N) is 2. The van der Waals surface area contributed by atoms with E-state index in [1.807, 2.05) is 22.4 Å². The van der Waals surface area contributed by atoms with E-state index < -0.39 is 0 Å². The second kappa shape index (κ2) is 6.49. The highest BCUT2D eigenvalue weighted by Crippen LogP contribution is 2.25. The first-order valence-electron chi connectivity index (χ1n) is 5.76. The molecule has 0 bridgehead atoms. The van der Waals surface area contributed by atoms with Crippen LogP contribution in [0.25, 0.3) is 10.6 Å². The lowest BCUT2D eigenvalue weighted by molar-refractivity contribution is 0.192. The molecule has 96 valence electrons. The minimum atomic E-state index is 0.117. The lowest BCUT2D eigenvalue weighted by Gasteiger charge is -2.16. The molecule has 1 N–H and O–H groups in total. The summed E-state index contributed by atoms with van der Waals surface area (Å²) in [6.45, 7) is 5.69. The molecular weight excluding hydrogens is 248 g/mol. The van der Waals surface area contributed by atoms with Gasteiger partial charge in [-0.3, -0.25) is 4.90 Å². The summed E-state index contributed by atoms with van der Waals surface area (Å²) in [5, 5.41) is 11.0.